The minimum absolute atomic E-state index is 0.0104. The maximum Gasteiger partial charge on any atom is 0.149 e. The number of aliphatic hydroxyl groups is 1. The molecule has 36 heavy (non-hydrogen) atoms. The normalized spacial score (nSPS) is 14.7. The molecule has 0 heterocycles. The number of Topliss-reactive ketones (excluding diaryl/α,β-unsaturated/α-hetero) is 1. The van der Waals surface area contributed by atoms with E-state index >= 15 is 0 Å². The van der Waals surface area contributed by atoms with Gasteiger partial charge in [0.1, 0.15) is 17.3 Å². The van der Waals surface area contributed by atoms with Crippen LogP contribution in [0.5, 0.6) is 0 Å². The van der Waals surface area contributed by atoms with E-state index in [1.54, 1.807) is 33.8 Å². The number of carbonyl (C=O) groups is 1. The van der Waals surface area contributed by atoms with Crippen molar-refractivity contribution in [1.82, 2.24) is 0 Å². The first kappa shape index (κ1) is 36.5. The Kier molecular flexibility index (Phi) is 17.2. The molecule has 210 valence electrons. The molecule has 1 aromatic rings. The maximum absolute atomic E-state index is 13.9. The molecule has 1 aromatic carbocycles. The molecule has 1 aliphatic carbocycles. The molecule has 0 amide bonds. The highest BCUT2D eigenvalue weighted by molar-refractivity contribution is 5.84. The average Bonchev–Trinajstić information content (AvgIpc) is 2.81. The molecule has 0 spiro atoms. The van der Waals surface area contributed by atoms with Crippen LogP contribution in [0.1, 0.15) is 119 Å². The summed E-state index contributed by atoms with van der Waals surface area (Å²) in [6.07, 6.45) is 5.53. The zero-order valence-electron chi connectivity index (χ0n) is 24.7. The summed E-state index contributed by atoms with van der Waals surface area (Å²) in [4.78, 5) is 15.1. The van der Waals surface area contributed by atoms with Gasteiger partial charge >= 0.3 is 0 Å². The standard InChI is InChI=1S/C14H20FNO.C8H14F2O.C6H12.C2H6/c1-6-10(3)16-13-9(2)7-11(8-12(13)15)14(4,5)17;1-3-7(11)4-8(2,5-9)6-10;1-6(2)4-3-5-6;1-2/h7-8,17H,6H2,1-5H3;3-6H2,1-2H3;3-5H2,1-2H3;1-2H3. The summed E-state index contributed by atoms with van der Waals surface area (Å²) in [7, 11) is 0. The van der Waals surface area contributed by atoms with Gasteiger partial charge in [0.15, 0.2) is 0 Å². The fraction of sp³-hybridized carbons (Fsp3) is 0.733. The number of benzene rings is 1. The van der Waals surface area contributed by atoms with Crippen molar-refractivity contribution in [2.75, 3.05) is 13.3 Å². The van der Waals surface area contributed by atoms with Crippen molar-refractivity contribution >= 4 is 17.2 Å². The van der Waals surface area contributed by atoms with Crippen LogP contribution in [0.25, 0.3) is 0 Å². The van der Waals surface area contributed by atoms with Crippen LogP contribution < -0.4 is 0 Å². The number of carbonyl (C=O) groups excluding carboxylic acids is 1. The lowest BCUT2D eigenvalue weighted by atomic mass is 9.72. The Morgan fingerprint density at radius 2 is 1.53 bits per heavy atom. The number of rotatable bonds is 8. The molecule has 1 N–H and O–H groups in total. The van der Waals surface area contributed by atoms with Crippen LogP contribution in [0.2, 0.25) is 0 Å². The molecule has 0 aromatic heterocycles. The van der Waals surface area contributed by atoms with Crippen molar-refractivity contribution in [2.24, 2.45) is 15.8 Å². The fourth-order valence-electron chi connectivity index (χ4n) is 3.12. The molecular formula is C30H52F3NO2. The van der Waals surface area contributed by atoms with Gasteiger partial charge in [-0.2, -0.15) is 0 Å². The number of aliphatic imine (C=N–C) groups is 1. The lowest BCUT2D eigenvalue weighted by Crippen LogP contribution is -2.25. The van der Waals surface area contributed by atoms with E-state index in [2.05, 4.69) is 18.8 Å². The highest BCUT2D eigenvalue weighted by Gasteiger charge is 2.27. The molecule has 1 saturated carbocycles. The van der Waals surface area contributed by atoms with Gasteiger partial charge in [-0.25, -0.2) is 4.39 Å². The predicted molar refractivity (Wildman–Crippen MR) is 148 cm³/mol. The van der Waals surface area contributed by atoms with Gasteiger partial charge in [0.05, 0.1) is 19.0 Å². The van der Waals surface area contributed by atoms with E-state index in [1.165, 1.54) is 32.3 Å². The summed E-state index contributed by atoms with van der Waals surface area (Å²) < 4.78 is 38.2. The fourth-order valence-corrected chi connectivity index (χ4v) is 3.12. The Hall–Kier alpha value is -1.69. The molecule has 0 bridgehead atoms. The monoisotopic (exact) mass is 515 g/mol. The van der Waals surface area contributed by atoms with Crippen LogP contribution in [-0.2, 0) is 10.4 Å². The van der Waals surface area contributed by atoms with Gasteiger partial charge in [-0.3, -0.25) is 18.6 Å². The third-order valence-electron chi connectivity index (χ3n) is 6.15. The molecule has 0 radical (unpaired) electrons. The van der Waals surface area contributed by atoms with Crippen molar-refractivity contribution in [2.45, 2.75) is 120 Å². The topological polar surface area (TPSA) is 49.7 Å². The van der Waals surface area contributed by atoms with Crippen LogP contribution in [0.15, 0.2) is 17.1 Å². The minimum atomic E-state index is -1.08. The van der Waals surface area contributed by atoms with Crippen molar-refractivity contribution in [3.05, 3.63) is 29.1 Å². The summed E-state index contributed by atoms with van der Waals surface area (Å²) in [6, 6.07) is 3.14. The number of nitrogens with zero attached hydrogens (tertiary/aromatic N) is 1. The van der Waals surface area contributed by atoms with E-state index in [-0.39, 0.29) is 18.0 Å². The van der Waals surface area contributed by atoms with Gasteiger partial charge in [0.2, 0.25) is 0 Å². The Morgan fingerprint density at radius 3 is 1.81 bits per heavy atom. The van der Waals surface area contributed by atoms with Crippen molar-refractivity contribution in [3.63, 3.8) is 0 Å². The smallest absolute Gasteiger partial charge is 0.149 e. The zero-order chi connectivity index (χ0) is 28.7. The summed E-state index contributed by atoms with van der Waals surface area (Å²) in [6.45, 7) is 19.2. The zero-order valence-corrected chi connectivity index (χ0v) is 24.7. The number of hydrogen-bond acceptors (Lipinski definition) is 3. The first-order valence-corrected chi connectivity index (χ1v) is 13.2. The van der Waals surface area contributed by atoms with Crippen LogP contribution in [-0.4, -0.2) is 30.0 Å². The van der Waals surface area contributed by atoms with Crippen molar-refractivity contribution in [3.8, 4) is 0 Å². The van der Waals surface area contributed by atoms with E-state index in [0.29, 0.717) is 17.7 Å². The van der Waals surface area contributed by atoms with Crippen LogP contribution >= 0.6 is 0 Å². The quantitative estimate of drug-likeness (QED) is 0.351. The van der Waals surface area contributed by atoms with Gasteiger partial charge in [-0.05, 0) is 69.6 Å². The van der Waals surface area contributed by atoms with Gasteiger partial charge in [-0.15, -0.1) is 0 Å². The first-order chi connectivity index (χ1) is 16.5. The molecule has 0 unspecified atom stereocenters. The number of alkyl halides is 2. The highest BCUT2D eigenvalue weighted by Crippen LogP contribution is 2.39. The van der Waals surface area contributed by atoms with Gasteiger partial charge in [-0.1, -0.05) is 61.0 Å². The Labute approximate surface area is 219 Å². The van der Waals surface area contributed by atoms with E-state index in [4.69, 9.17) is 0 Å². The van der Waals surface area contributed by atoms with Crippen LogP contribution in [0.4, 0.5) is 18.9 Å². The summed E-state index contributed by atoms with van der Waals surface area (Å²) in [5.74, 6) is -0.460. The first-order valence-electron chi connectivity index (χ1n) is 13.2. The molecule has 6 heteroatoms. The van der Waals surface area contributed by atoms with Gasteiger partial charge in [0, 0.05) is 24.0 Å². The summed E-state index contributed by atoms with van der Waals surface area (Å²) in [5.41, 5.74) is 1.19. The van der Waals surface area contributed by atoms with Crippen LogP contribution in [0.3, 0.4) is 0 Å². The molecule has 3 nitrogen and oxygen atoms in total. The third-order valence-corrected chi connectivity index (χ3v) is 6.15. The van der Waals surface area contributed by atoms with Crippen molar-refractivity contribution in [1.29, 1.82) is 0 Å². The molecule has 0 aliphatic heterocycles. The lowest BCUT2D eigenvalue weighted by Gasteiger charge is -2.33. The van der Waals surface area contributed by atoms with Gasteiger partial charge in [0.25, 0.3) is 0 Å². The molecular weight excluding hydrogens is 463 g/mol. The van der Waals surface area contributed by atoms with E-state index in [9.17, 15) is 23.1 Å². The average molecular weight is 516 g/mol. The third kappa shape index (κ3) is 14.2. The van der Waals surface area contributed by atoms with E-state index in [1.807, 2.05) is 27.7 Å². The molecule has 2 rings (SSSR count). The predicted octanol–water partition coefficient (Wildman–Crippen LogP) is 9.39. The second-order valence-electron chi connectivity index (χ2n) is 11.0. The summed E-state index contributed by atoms with van der Waals surface area (Å²) in [5, 5.41) is 9.85. The van der Waals surface area contributed by atoms with E-state index < -0.39 is 24.4 Å². The molecule has 1 fully saturated rings. The SMILES string of the molecule is CC.CC1(C)CCC1.CCC(=O)CC(C)(CF)CF.CCC(C)=Nc1c(C)cc(C(C)(C)O)cc1F. The maximum atomic E-state index is 13.9. The molecule has 0 atom stereocenters. The Morgan fingerprint density at radius 1 is 1.06 bits per heavy atom. The second-order valence-corrected chi connectivity index (χ2v) is 11.0. The van der Waals surface area contributed by atoms with Gasteiger partial charge < -0.3 is 5.11 Å². The van der Waals surface area contributed by atoms with E-state index in [0.717, 1.165) is 23.1 Å². The Bertz CT molecular complexity index is 778. The lowest BCUT2D eigenvalue weighted by molar-refractivity contribution is -0.121. The number of hydrogen-bond donors (Lipinski definition) is 1. The molecule has 0 saturated heterocycles. The molecule has 1 aliphatic rings. The van der Waals surface area contributed by atoms with Crippen LogP contribution in [0, 0.1) is 23.6 Å². The van der Waals surface area contributed by atoms with Crippen molar-refractivity contribution < 1.29 is 23.1 Å². The summed E-state index contributed by atoms with van der Waals surface area (Å²) >= 11 is 0. The second kappa shape index (κ2) is 16.9. The number of aryl methyl sites for hydroxylation is 1. The largest absolute Gasteiger partial charge is 0.386 e. The number of halogens is 3. The highest BCUT2D eigenvalue weighted by atomic mass is 19.1. The minimum Gasteiger partial charge on any atom is -0.386 e. The number of ketones is 1. The Balaban J connectivity index is 0.